The van der Waals surface area contributed by atoms with E-state index in [4.69, 9.17) is 0 Å². The fourth-order valence-electron chi connectivity index (χ4n) is 0.633. The van der Waals surface area contributed by atoms with Gasteiger partial charge in [-0.05, 0) is 12.8 Å². The minimum atomic E-state index is 0.913. The Morgan fingerprint density at radius 3 is 2.67 bits per heavy atom. The highest BCUT2D eigenvalue weighted by Crippen LogP contribution is 1.84. The summed E-state index contributed by atoms with van der Waals surface area (Å²) < 4.78 is 0. The Balaban J connectivity index is 3.15. The van der Waals surface area contributed by atoms with Crippen LogP contribution in [-0.2, 0) is 0 Å². The fourth-order valence-corrected chi connectivity index (χ4v) is 0.633. The molecule has 0 spiro atoms. The van der Waals surface area contributed by atoms with E-state index >= 15 is 0 Å². The van der Waals surface area contributed by atoms with Gasteiger partial charge in [-0.25, -0.2) is 0 Å². The van der Waals surface area contributed by atoms with Crippen LogP contribution in [0.25, 0.3) is 0 Å². The Hall–Kier alpha value is -0.860. The Morgan fingerprint density at radius 2 is 2.00 bits per heavy atom. The molecule has 0 aliphatic carbocycles. The summed E-state index contributed by atoms with van der Waals surface area (Å²) in [6.45, 7) is 6.11. The molecule has 3 nitrogen and oxygen atoms in total. The zero-order valence-corrected chi connectivity index (χ0v) is 8.08. The van der Waals surface area contributed by atoms with E-state index in [1.807, 2.05) is 0 Å². The summed E-state index contributed by atoms with van der Waals surface area (Å²) in [7, 11) is 0. The molecule has 0 fully saturated rings. The second-order valence-corrected chi connectivity index (χ2v) is 2.60. The van der Waals surface area contributed by atoms with Crippen molar-refractivity contribution in [1.82, 2.24) is 5.43 Å². The van der Waals surface area contributed by atoms with Gasteiger partial charge in [-0.15, -0.1) is 0 Å². The maximum absolute atomic E-state index is 4.14. The third kappa shape index (κ3) is 9.14. The lowest BCUT2D eigenvalue weighted by molar-refractivity contribution is 0.720. The van der Waals surface area contributed by atoms with Crippen LogP contribution in [0.15, 0.2) is 10.1 Å². The van der Waals surface area contributed by atoms with Gasteiger partial charge in [0.15, 0.2) is 0 Å². The van der Waals surface area contributed by atoms with Gasteiger partial charge in [0, 0.05) is 19.3 Å². The molecule has 0 radical (unpaired) electrons. The Bertz CT molecular complexity index is 114. The summed E-state index contributed by atoms with van der Waals surface area (Å²) in [6.07, 6.45) is 6.91. The maximum atomic E-state index is 4.14. The summed E-state index contributed by atoms with van der Waals surface area (Å²) >= 11 is 0. The highest BCUT2D eigenvalue weighted by molar-refractivity contribution is 6.15. The summed E-state index contributed by atoms with van der Waals surface area (Å²) in [5.74, 6) is 0. The molecule has 0 aliphatic heterocycles. The van der Waals surface area contributed by atoms with Crippen LogP contribution in [0.2, 0.25) is 0 Å². The van der Waals surface area contributed by atoms with Gasteiger partial charge in [0.05, 0.1) is 6.21 Å². The van der Waals surface area contributed by atoms with Crippen LogP contribution in [0, 0.1) is 0 Å². The third-order valence-electron chi connectivity index (χ3n) is 1.34. The van der Waals surface area contributed by atoms with Gasteiger partial charge >= 0.3 is 0 Å². The lowest BCUT2D eigenvalue weighted by atomic mass is 10.3. The van der Waals surface area contributed by atoms with Gasteiger partial charge in [0.2, 0.25) is 0 Å². The Labute approximate surface area is 75.0 Å². The van der Waals surface area contributed by atoms with E-state index in [0.29, 0.717) is 0 Å². The monoisotopic (exact) mass is 169 g/mol. The zero-order valence-electron chi connectivity index (χ0n) is 8.08. The molecule has 0 rings (SSSR count). The van der Waals surface area contributed by atoms with E-state index in [0.717, 1.165) is 25.9 Å². The topological polar surface area (TPSA) is 36.8 Å². The van der Waals surface area contributed by atoms with Gasteiger partial charge in [-0.3, -0.25) is 4.99 Å². The van der Waals surface area contributed by atoms with Crippen molar-refractivity contribution in [3.63, 3.8) is 0 Å². The molecule has 70 valence electrons. The molecule has 12 heavy (non-hydrogen) atoms. The van der Waals surface area contributed by atoms with Crippen LogP contribution < -0.4 is 5.43 Å². The number of hydrogen-bond acceptors (Lipinski definition) is 3. The van der Waals surface area contributed by atoms with Gasteiger partial charge in [0.25, 0.3) is 0 Å². The lowest BCUT2D eigenvalue weighted by Gasteiger charge is -1.91. The first-order chi connectivity index (χ1) is 5.91. The van der Waals surface area contributed by atoms with E-state index < -0.39 is 0 Å². The number of nitrogens with one attached hydrogen (secondary N) is 1. The van der Waals surface area contributed by atoms with Crippen LogP contribution in [-0.4, -0.2) is 25.5 Å². The summed E-state index contributed by atoms with van der Waals surface area (Å²) in [5.41, 5.74) is 2.90. The Kier molecular flexibility index (Phi) is 9.41. The second kappa shape index (κ2) is 10.1. The molecule has 0 amide bonds. The van der Waals surface area contributed by atoms with Crippen LogP contribution in [0.3, 0.4) is 0 Å². The second-order valence-electron chi connectivity index (χ2n) is 2.60. The van der Waals surface area contributed by atoms with Gasteiger partial charge < -0.3 is 5.43 Å². The van der Waals surface area contributed by atoms with E-state index in [2.05, 4.69) is 29.4 Å². The summed E-state index contributed by atoms with van der Waals surface area (Å²) in [5, 5.41) is 3.93. The quantitative estimate of drug-likeness (QED) is 0.352. The van der Waals surface area contributed by atoms with Gasteiger partial charge in [-0.1, -0.05) is 20.3 Å². The first-order valence-electron chi connectivity index (χ1n) is 4.66. The predicted molar refractivity (Wildman–Crippen MR) is 55.1 cm³/mol. The highest BCUT2D eigenvalue weighted by Gasteiger charge is 1.76. The summed E-state index contributed by atoms with van der Waals surface area (Å²) in [4.78, 5) is 4.14. The molecule has 3 heteroatoms. The minimum Gasteiger partial charge on any atom is -0.310 e. The van der Waals surface area contributed by atoms with Gasteiger partial charge in [0.1, 0.15) is 0 Å². The smallest absolute Gasteiger partial charge is 0.0646 e. The van der Waals surface area contributed by atoms with Crippen molar-refractivity contribution < 1.29 is 0 Å². The molecule has 0 aromatic rings. The van der Waals surface area contributed by atoms with E-state index in [9.17, 15) is 0 Å². The number of unbranched alkanes of at least 4 members (excludes halogenated alkanes) is 1. The molecular formula is C9H19N3. The number of rotatable bonds is 7. The molecule has 0 heterocycles. The van der Waals surface area contributed by atoms with Crippen molar-refractivity contribution in [2.24, 2.45) is 10.1 Å². The molecule has 1 N–H and O–H groups in total. The minimum absolute atomic E-state index is 0.913. The maximum Gasteiger partial charge on any atom is 0.0646 e. The molecule has 0 aromatic carbocycles. The fraction of sp³-hybridized carbons (Fsp3) is 0.778. The largest absolute Gasteiger partial charge is 0.310 e. The molecule has 0 unspecified atom stereocenters. The van der Waals surface area contributed by atoms with Crippen molar-refractivity contribution in [1.29, 1.82) is 0 Å². The lowest BCUT2D eigenvalue weighted by Crippen LogP contribution is -2.05. The summed E-state index contributed by atoms with van der Waals surface area (Å²) in [6, 6.07) is 0. The van der Waals surface area contributed by atoms with Crippen LogP contribution in [0.1, 0.15) is 33.1 Å². The molecule has 0 aliphatic rings. The van der Waals surface area contributed by atoms with E-state index in [-0.39, 0.29) is 0 Å². The first-order valence-corrected chi connectivity index (χ1v) is 4.66. The van der Waals surface area contributed by atoms with Crippen molar-refractivity contribution in [2.45, 2.75) is 33.1 Å². The van der Waals surface area contributed by atoms with E-state index in [1.54, 1.807) is 12.4 Å². The Morgan fingerprint density at radius 1 is 1.17 bits per heavy atom. The molecule has 0 saturated carbocycles. The normalized spacial score (nSPS) is 11.5. The first kappa shape index (κ1) is 11.1. The van der Waals surface area contributed by atoms with Crippen LogP contribution >= 0.6 is 0 Å². The van der Waals surface area contributed by atoms with Crippen LogP contribution in [0.5, 0.6) is 0 Å². The van der Waals surface area contributed by atoms with Crippen molar-refractivity contribution in [3.05, 3.63) is 0 Å². The average Bonchev–Trinajstić information content (AvgIpc) is 2.10. The van der Waals surface area contributed by atoms with E-state index in [1.165, 1.54) is 6.42 Å². The highest BCUT2D eigenvalue weighted by atomic mass is 15.3. The number of hydrazone groups is 1. The standard InChI is InChI=1S/C9H19N3/c1-3-5-7-10-8-9-12-11-6-4-2/h8-9,11H,3-7H2,1-2H3/b10-8?,12-9-. The molecule has 0 saturated heterocycles. The van der Waals surface area contributed by atoms with Crippen molar-refractivity contribution in [3.8, 4) is 0 Å². The number of aliphatic imine (C=N–C) groups is 1. The molecule has 0 atom stereocenters. The average molecular weight is 169 g/mol. The molecule has 0 bridgehead atoms. The van der Waals surface area contributed by atoms with Crippen molar-refractivity contribution in [2.75, 3.05) is 13.1 Å². The third-order valence-corrected chi connectivity index (χ3v) is 1.34. The zero-order chi connectivity index (χ0) is 9.07. The van der Waals surface area contributed by atoms with Crippen LogP contribution in [0.4, 0.5) is 0 Å². The SMILES string of the molecule is CCCCN=C/C=N\NCCC. The number of hydrogen-bond donors (Lipinski definition) is 1. The van der Waals surface area contributed by atoms with Gasteiger partial charge in [-0.2, -0.15) is 5.10 Å². The molecule has 0 aromatic heterocycles. The van der Waals surface area contributed by atoms with Crippen molar-refractivity contribution >= 4 is 12.4 Å². The number of nitrogens with zero attached hydrogens (tertiary/aromatic N) is 2. The predicted octanol–water partition coefficient (Wildman–Crippen LogP) is 1.84. The molecular weight excluding hydrogens is 150 g/mol.